The summed E-state index contributed by atoms with van der Waals surface area (Å²) in [7, 11) is 0. The van der Waals surface area contributed by atoms with Crippen molar-refractivity contribution in [2.75, 3.05) is 12.4 Å². The van der Waals surface area contributed by atoms with E-state index in [0.29, 0.717) is 4.90 Å². The van der Waals surface area contributed by atoms with E-state index in [-0.39, 0.29) is 18.1 Å². The van der Waals surface area contributed by atoms with Crippen molar-refractivity contribution >= 4 is 17.9 Å². The average molecular weight is 257 g/mol. The maximum Gasteiger partial charge on any atom is 0.404 e. The Balaban J connectivity index is 2.40. The van der Waals surface area contributed by atoms with Gasteiger partial charge in [0.15, 0.2) is 0 Å². The summed E-state index contributed by atoms with van der Waals surface area (Å²) in [5.74, 6) is -0.280. The van der Waals surface area contributed by atoms with E-state index in [0.717, 1.165) is 17.8 Å². The minimum atomic E-state index is -0.942. The van der Waals surface area contributed by atoms with Crippen LogP contribution in [0.5, 0.6) is 5.75 Å². The van der Waals surface area contributed by atoms with Gasteiger partial charge in [-0.1, -0.05) is 12.1 Å². The van der Waals surface area contributed by atoms with Crippen LogP contribution in [0.15, 0.2) is 41.1 Å². The van der Waals surface area contributed by atoms with E-state index in [2.05, 4.69) is 4.74 Å². The number of primary amides is 1. The van der Waals surface area contributed by atoms with Crippen molar-refractivity contribution < 1.29 is 19.0 Å². The quantitative estimate of drug-likeness (QED) is 0.795. The minimum absolute atomic E-state index is 0.0553. The number of carbonyl (C=O) groups excluding carboxylic acids is 1. The van der Waals surface area contributed by atoms with E-state index in [1.807, 2.05) is 0 Å². The number of hydrogen-bond acceptors (Lipinski definition) is 4. The molecule has 1 amide bonds. The van der Waals surface area contributed by atoms with Crippen LogP contribution in [0.2, 0.25) is 0 Å². The summed E-state index contributed by atoms with van der Waals surface area (Å²) in [6.07, 6.45) is 0.181. The van der Waals surface area contributed by atoms with Crippen LogP contribution < -0.4 is 5.73 Å². The molecule has 1 aromatic carbocycles. The highest BCUT2D eigenvalue weighted by atomic mass is 32.2. The number of amides is 1. The summed E-state index contributed by atoms with van der Waals surface area (Å²) < 4.78 is 17.5. The second kappa shape index (κ2) is 6.80. The number of benzene rings is 1. The first-order valence-electron chi connectivity index (χ1n) is 4.77. The SMILES string of the molecule is NC(=O)OC/C=C(\F)CSc1ccccc1O. The summed E-state index contributed by atoms with van der Waals surface area (Å²) in [5, 5.41) is 9.42. The molecule has 0 saturated carbocycles. The highest BCUT2D eigenvalue weighted by molar-refractivity contribution is 7.99. The minimum Gasteiger partial charge on any atom is -0.507 e. The smallest absolute Gasteiger partial charge is 0.404 e. The molecule has 0 unspecified atom stereocenters. The second-order valence-electron chi connectivity index (χ2n) is 3.04. The molecule has 0 aliphatic rings. The summed E-state index contributed by atoms with van der Waals surface area (Å²) in [6, 6.07) is 6.65. The molecule has 0 spiro atoms. The third-order valence-electron chi connectivity index (χ3n) is 1.76. The molecule has 0 saturated heterocycles. The highest BCUT2D eigenvalue weighted by Gasteiger charge is 2.02. The Morgan fingerprint density at radius 1 is 1.53 bits per heavy atom. The molecule has 0 bridgehead atoms. The largest absolute Gasteiger partial charge is 0.507 e. The second-order valence-corrected chi connectivity index (χ2v) is 4.05. The predicted octanol–water partition coefficient (Wildman–Crippen LogP) is 2.43. The molecule has 0 aliphatic carbocycles. The Morgan fingerprint density at radius 2 is 2.24 bits per heavy atom. The first-order chi connectivity index (χ1) is 8.09. The molecule has 0 aliphatic heterocycles. The number of phenols is 1. The van der Waals surface area contributed by atoms with Crippen molar-refractivity contribution in [2.45, 2.75) is 4.90 Å². The van der Waals surface area contributed by atoms with E-state index >= 15 is 0 Å². The van der Waals surface area contributed by atoms with Gasteiger partial charge in [-0.3, -0.25) is 0 Å². The zero-order valence-corrected chi connectivity index (χ0v) is 9.74. The molecule has 0 atom stereocenters. The van der Waals surface area contributed by atoms with E-state index in [4.69, 9.17) is 5.73 Å². The predicted molar refractivity (Wildman–Crippen MR) is 63.6 cm³/mol. The summed E-state index contributed by atoms with van der Waals surface area (Å²) >= 11 is 1.15. The van der Waals surface area contributed by atoms with Gasteiger partial charge >= 0.3 is 6.09 Å². The van der Waals surface area contributed by atoms with Crippen LogP contribution in [-0.4, -0.2) is 23.6 Å². The van der Waals surface area contributed by atoms with Crippen molar-refractivity contribution in [3.63, 3.8) is 0 Å². The lowest BCUT2D eigenvalue weighted by Crippen LogP contribution is -2.12. The number of halogens is 1. The van der Waals surface area contributed by atoms with E-state index < -0.39 is 11.9 Å². The van der Waals surface area contributed by atoms with Gasteiger partial charge in [-0.15, -0.1) is 11.8 Å². The van der Waals surface area contributed by atoms with Crippen molar-refractivity contribution in [3.05, 3.63) is 36.2 Å². The lowest BCUT2D eigenvalue weighted by atomic mass is 10.3. The number of aromatic hydroxyl groups is 1. The Bertz CT molecular complexity index is 423. The third kappa shape index (κ3) is 5.26. The van der Waals surface area contributed by atoms with Crippen LogP contribution in [0.3, 0.4) is 0 Å². The number of nitrogens with two attached hydrogens (primary N) is 1. The van der Waals surface area contributed by atoms with Crippen molar-refractivity contribution in [1.82, 2.24) is 0 Å². The number of phenolic OH excluding ortho intramolecular Hbond substituents is 1. The van der Waals surface area contributed by atoms with E-state index in [1.165, 1.54) is 6.07 Å². The fourth-order valence-corrected chi connectivity index (χ4v) is 1.80. The molecular weight excluding hydrogens is 245 g/mol. The van der Waals surface area contributed by atoms with E-state index in [9.17, 15) is 14.3 Å². The van der Waals surface area contributed by atoms with Gasteiger partial charge in [0.05, 0.1) is 5.75 Å². The zero-order valence-electron chi connectivity index (χ0n) is 8.93. The first-order valence-corrected chi connectivity index (χ1v) is 5.75. The van der Waals surface area contributed by atoms with Crippen LogP contribution in [0, 0.1) is 0 Å². The van der Waals surface area contributed by atoms with E-state index in [1.54, 1.807) is 18.2 Å². The number of hydrogen-bond donors (Lipinski definition) is 2. The molecular formula is C11H12FNO3S. The maximum absolute atomic E-state index is 13.2. The molecule has 0 aromatic heterocycles. The number of para-hydroxylation sites is 1. The van der Waals surface area contributed by atoms with Gasteiger partial charge in [0.1, 0.15) is 18.2 Å². The summed E-state index contributed by atoms with van der Waals surface area (Å²) in [5.41, 5.74) is 4.71. The van der Waals surface area contributed by atoms with Gasteiger partial charge in [-0.05, 0) is 18.2 Å². The van der Waals surface area contributed by atoms with Crippen LogP contribution in [0.4, 0.5) is 9.18 Å². The summed E-state index contributed by atoms with van der Waals surface area (Å²) in [4.78, 5) is 10.8. The average Bonchev–Trinajstić information content (AvgIpc) is 2.27. The summed E-state index contributed by atoms with van der Waals surface area (Å²) in [6.45, 7) is -0.192. The molecule has 3 N–H and O–H groups in total. The molecule has 4 nitrogen and oxygen atoms in total. The van der Waals surface area contributed by atoms with Crippen LogP contribution in [-0.2, 0) is 4.74 Å². The normalized spacial score (nSPS) is 11.2. The topological polar surface area (TPSA) is 72.6 Å². The Morgan fingerprint density at radius 3 is 2.88 bits per heavy atom. The van der Waals surface area contributed by atoms with Gasteiger partial charge in [-0.25, -0.2) is 9.18 Å². The molecule has 1 aromatic rings. The Kier molecular flexibility index (Phi) is 5.35. The lowest BCUT2D eigenvalue weighted by molar-refractivity contribution is 0.169. The lowest BCUT2D eigenvalue weighted by Gasteiger charge is -2.02. The van der Waals surface area contributed by atoms with Crippen LogP contribution in [0.25, 0.3) is 0 Å². The highest BCUT2D eigenvalue weighted by Crippen LogP contribution is 2.29. The fourth-order valence-electron chi connectivity index (χ4n) is 0.999. The standard InChI is InChI=1S/C11H12FNO3S/c12-8(5-6-16-11(13)15)7-17-10-4-2-1-3-9(10)14/h1-5,14H,6-7H2,(H2,13,15)/b8-5-. The van der Waals surface area contributed by atoms with Crippen LogP contribution >= 0.6 is 11.8 Å². The van der Waals surface area contributed by atoms with Crippen LogP contribution in [0.1, 0.15) is 0 Å². The van der Waals surface area contributed by atoms with Crippen molar-refractivity contribution in [3.8, 4) is 5.75 Å². The molecule has 0 fully saturated rings. The third-order valence-corrected chi connectivity index (χ3v) is 2.84. The molecule has 6 heteroatoms. The Labute approximate surface area is 102 Å². The number of ether oxygens (including phenoxy) is 1. The number of carbonyl (C=O) groups is 1. The number of thioether (sulfide) groups is 1. The first kappa shape index (κ1) is 13.4. The van der Waals surface area contributed by atoms with Gasteiger partial charge < -0.3 is 15.6 Å². The van der Waals surface area contributed by atoms with Gasteiger partial charge in [-0.2, -0.15) is 0 Å². The van der Waals surface area contributed by atoms with Crippen molar-refractivity contribution in [1.29, 1.82) is 0 Å². The number of rotatable bonds is 5. The molecule has 17 heavy (non-hydrogen) atoms. The zero-order chi connectivity index (χ0) is 12.7. The monoisotopic (exact) mass is 257 g/mol. The maximum atomic E-state index is 13.2. The fraction of sp³-hybridized carbons (Fsp3) is 0.182. The van der Waals surface area contributed by atoms with Gasteiger partial charge in [0.2, 0.25) is 0 Å². The van der Waals surface area contributed by atoms with Gasteiger partial charge in [0, 0.05) is 4.90 Å². The molecule has 0 heterocycles. The molecule has 92 valence electrons. The van der Waals surface area contributed by atoms with Gasteiger partial charge in [0.25, 0.3) is 0 Å². The Hall–Kier alpha value is -1.69. The molecule has 1 rings (SSSR count). The molecule has 0 radical (unpaired) electrons. The van der Waals surface area contributed by atoms with Crippen molar-refractivity contribution in [2.24, 2.45) is 5.73 Å².